The van der Waals surface area contributed by atoms with Gasteiger partial charge < -0.3 is 5.73 Å². The Kier molecular flexibility index (Phi) is 5.07. The molecule has 0 heterocycles. The molecule has 1 aromatic rings. The number of benzene rings is 1. The van der Waals surface area contributed by atoms with Gasteiger partial charge in [-0.15, -0.1) is 0 Å². The fourth-order valence-electron chi connectivity index (χ4n) is 3.49. The van der Waals surface area contributed by atoms with Gasteiger partial charge in [0.05, 0.1) is 4.90 Å². The van der Waals surface area contributed by atoms with Crippen LogP contribution in [0.15, 0.2) is 17.0 Å². The van der Waals surface area contributed by atoms with Crippen LogP contribution < -0.4 is 10.5 Å². The van der Waals surface area contributed by atoms with Crippen LogP contribution in [0.4, 0.5) is 0 Å². The van der Waals surface area contributed by atoms with E-state index < -0.39 is 10.0 Å². The summed E-state index contributed by atoms with van der Waals surface area (Å²) in [5.74, 6) is 0.250. The van der Waals surface area contributed by atoms with Gasteiger partial charge in [0.2, 0.25) is 10.0 Å². The van der Waals surface area contributed by atoms with E-state index in [4.69, 9.17) is 5.73 Å². The Labute approximate surface area is 128 Å². The molecule has 0 spiro atoms. The number of aryl methyl sites for hydroxylation is 3. The summed E-state index contributed by atoms with van der Waals surface area (Å²) in [6.07, 6.45) is 4.10. The van der Waals surface area contributed by atoms with Crippen molar-refractivity contribution < 1.29 is 8.42 Å². The van der Waals surface area contributed by atoms with Crippen molar-refractivity contribution in [2.45, 2.75) is 57.4 Å². The highest BCUT2D eigenvalue weighted by Gasteiger charge is 2.30. The molecule has 3 N–H and O–H groups in total. The maximum absolute atomic E-state index is 12.8. The first kappa shape index (κ1) is 16.5. The van der Waals surface area contributed by atoms with Crippen molar-refractivity contribution in [2.24, 2.45) is 11.7 Å². The SMILES string of the molecule is Cc1cc(C)c(S(=O)(=O)NC2CCCCC2CN)c(C)c1. The van der Waals surface area contributed by atoms with Crippen molar-refractivity contribution in [1.82, 2.24) is 4.72 Å². The molecule has 0 aromatic heterocycles. The molecule has 0 radical (unpaired) electrons. The number of hydrogen-bond acceptors (Lipinski definition) is 3. The van der Waals surface area contributed by atoms with Crippen molar-refractivity contribution in [2.75, 3.05) is 6.54 Å². The minimum absolute atomic E-state index is 0.0335. The van der Waals surface area contributed by atoms with E-state index in [0.717, 1.165) is 42.4 Å². The van der Waals surface area contributed by atoms with Crippen molar-refractivity contribution >= 4 is 10.0 Å². The van der Waals surface area contributed by atoms with Crippen molar-refractivity contribution in [1.29, 1.82) is 0 Å². The molecule has 1 fully saturated rings. The summed E-state index contributed by atoms with van der Waals surface area (Å²) < 4.78 is 28.4. The van der Waals surface area contributed by atoms with E-state index in [1.807, 2.05) is 32.9 Å². The molecule has 4 nitrogen and oxygen atoms in total. The fourth-order valence-corrected chi connectivity index (χ4v) is 5.29. The lowest BCUT2D eigenvalue weighted by Gasteiger charge is -2.31. The molecule has 1 saturated carbocycles. The Morgan fingerprint density at radius 2 is 1.71 bits per heavy atom. The van der Waals surface area contributed by atoms with Crippen molar-refractivity contribution in [3.05, 3.63) is 28.8 Å². The molecular weight excluding hydrogens is 284 g/mol. The Hall–Kier alpha value is -0.910. The van der Waals surface area contributed by atoms with Crippen LogP contribution in [-0.2, 0) is 10.0 Å². The first-order valence-electron chi connectivity index (χ1n) is 7.65. The Bertz CT molecular complexity index is 588. The average molecular weight is 310 g/mol. The Morgan fingerprint density at radius 3 is 2.29 bits per heavy atom. The highest BCUT2D eigenvalue weighted by molar-refractivity contribution is 7.89. The van der Waals surface area contributed by atoms with Crippen LogP contribution in [0.5, 0.6) is 0 Å². The van der Waals surface area contributed by atoms with E-state index in [2.05, 4.69) is 4.72 Å². The second kappa shape index (κ2) is 6.46. The molecule has 0 amide bonds. The molecule has 2 rings (SSSR count). The topological polar surface area (TPSA) is 72.2 Å². The van der Waals surface area contributed by atoms with Gasteiger partial charge in [0, 0.05) is 6.04 Å². The van der Waals surface area contributed by atoms with Crippen LogP contribution in [0.2, 0.25) is 0 Å². The van der Waals surface area contributed by atoms with Gasteiger partial charge in [-0.2, -0.15) is 0 Å². The third-order valence-corrected chi connectivity index (χ3v) is 6.19. The second-order valence-electron chi connectivity index (χ2n) is 6.24. The van der Waals surface area contributed by atoms with Crippen LogP contribution in [0.1, 0.15) is 42.4 Å². The molecule has 118 valence electrons. The summed E-state index contributed by atoms with van der Waals surface area (Å²) in [5, 5.41) is 0. The van der Waals surface area contributed by atoms with Crippen LogP contribution in [-0.4, -0.2) is 21.0 Å². The smallest absolute Gasteiger partial charge is 0.241 e. The van der Waals surface area contributed by atoms with Gasteiger partial charge in [0.25, 0.3) is 0 Å². The van der Waals surface area contributed by atoms with E-state index >= 15 is 0 Å². The van der Waals surface area contributed by atoms with Crippen LogP contribution in [0.3, 0.4) is 0 Å². The minimum atomic E-state index is -3.49. The maximum atomic E-state index is 12.8. The normalized spacial score (nSPS) is 23.2. The van der Waals surface area contributed by atoms with Crippen LogP contribution in [0.25, 0.3) is 0 Å². The standard InChI is InChI=1S/C16H26N2O2S/c1-11-8-12(2)16(13(3)9-11)21(19,20)18-15-7-5-4-6-14(15)10-17/h8-9,14-15,18H,4-7,10,17H2,1-3H3. The first-order valence-corrected chi connectivity index (χ1v) is 9.13. The summed E-state index contributed by atoms with van der Waals surface area (Å²) in [6.45, 7) is 6.24. The maximum Gasteiger partial charge on any atom is 0.241 e. The lowest BCUT2D eigenvalue weighted by Crippen LogP contribution is -2.44. The molecule has 1 aromatic carbocycles. The number of hydrogen-bond donors (Lipinski definition) is 2. The van der Waals surface area contributed by atoms with Crippen LogP contribution in [0, 0.1) is 26.7 Å². The number of nitrogens with one attached hydrogen (secondary N) is 1. The zero-order valence-corrected chi connectivity index (χ0v) is 14.0. The predicted octanol–water partition coefficient (Wildman–Crippen LogP) is 2.41. The number of rotatable bonds is 4. The highest BCUT2D eigenvalue weighted by Crippen LogP contribution is 2.27. The quantitative estimate of drug-likeness (QED) is 0.897. The predicted molar refractivity (Wildman–Crippen MR) is 85.8 cm³/mol. The van der Waals surface area contributed by atoms with E-state index in [-0.39, 0.29) is 12.0 Å². The summed E-state index contributed by atoms with van der Waals surface area (Å²) in [4.78, 5) is 0.425. The zero-order valence-electron chi connectivity index (χ0n) is 13.1. The second-order valence-corrected chi connectivity index (χ2v) is 7.89. The largest absolute Gasteiger partial charge is 0.330 e. The first-order chi connectivity index (χ1) is 9.85. The summed E-state index contributed by atoms with van der Waals surface area (Å²) in [5.41, 5.74) is 8.49. The van der Waals surface area contributed by atoms with Crippen molar-refractivity contribution in [3.63, 3.8) is 0 Å². The van der Waals surface area contributed by atoms with Gasteiger partial charge >= 0.3 is 0 Å². The molecule has 0 aliphatic heterocycles. The third-order valence-electron chi connectivity index (χ3n) is 4.39. The molecule has 5 heteroatoms. The molecule has 21 heavy (non-hydrogen) atoms. The molecule has 1 aliphatic carbocycles. The molecule has 2 atom stereocenters. The summed E-state index contributed by atoms with van der Waals surface area (Å²) >= 11 is 0. The van der Waals surface area contributed by atoms with Crippen LogP contribution >= 0.6 is 0 Å². The lowest BCUT2D eigenvalue weighted by atomic mass is 9.85. The molecule has 1 aliphatic rings. The van der Waals surface area contributed by atoms with Gasteiger partial charge in [-0.3, -0.25) is 0 Å². The fraction of sp³-hybridized carbons (Fsp3) is 0.625. The summed E-state index contributed by atoms with van der Waals surface area (Å²) in [7, 11) is -3.49. The van der Waals surface area contributed by atoms with Gasteiger partial charge in [0.1, 0.15) is 0 Å². The van der Waals surface area contributed by atoms with E-state index in [1.54, 1.807) is 0 Å². The molecule has 0 bridgehead atoms. The van der Waals surface area contributed by atoms with Gasteiger partial charge in [-0.25, -0.2) is 13.1 Å². The minimum Gasteiger partial charge on any atom is -0.330 e. The van der Waals surface area contributed by atoms with E-state index in [0.29, 0.717) is 11.4 Å². The average Bonchev–Trinajstić information content (AvgIpc) is 2.37. The third kappa shape index (κ3) is 3.65. The van der Waals surface area contributed by atoms with E-state index in [1.165, 1.54) is 0 Å². The van der Waals surface area contributed by atoms with Gasteiger partial charge in [0.15, 0.2) is 0 Å². The Balaban J connectivity index is 2.30. The lowest BCUT2D eigenvalue weighted by molar-refractivity contribution is 0.296. The molecular formula is C16H26N2O2S. The Morgan fingerprint density at radius 1 is 1.14 bits per heavy atom. The molecule has 0 saturated heterocycles. The van der Waals surface area contributed by atoms with Gasteiger partial charge in [-0.05, 0) is 57.2 Å². The monoisotopic (exact) mass is 310 g/mol. The highest BCUT2D eigenvalue weighted by atomic mass is 32.2. The molecule has 2 unspecified atom stereocenters. The van der Waals surface area contributed by atoms with Crippen molar-refractivity contribution in [3.8, 4) is 0 Å². The van der Waals surface area contributed by atoms with E-state index in [9.17, 15) is 8.42 Å². The van der Waals surface area contributed by atoms with Gasteiger partial charge in [-0.1, -0.05) is 30.5 Å². The number of sulfonamides is 1. The zero-order chi connectivity index (χ0) is 15.6. The number of nitrogens with two attached hydrogens (primary N) is 1. The summed E-state index contributed by atoms with van der Waals surface area (Å²) in [6, 6.07) is 3.81.